The molecule has 0 spiro atoms. The molecule has 0 saturated carbocycles. The van der Waals surface area contributed by atoms with E-state index in [1.807, 2.05) is 19.1 Å². The summed E-state index contributed by atoms with van der Waals surface area (Å²) in [5.41, 5.74) is 2.37. The summed E-state index contributed by atoms with van der Waals surface area (Å²) in [6.45, 7) is 1.51. The first-order valence-electron chi connectivity index (χ1n) is 6.78. The van der Waals surface area contributed by atoms with Crippen molar-refractivity contribution in [2.45, 2.75) is 6.92 Å². The fraction of sp³-hybridized carbons (Fsp3) is 0.118. The third kappa shape index (κ3) is 4.88. The van der Waals surface area contributed by atoms with Gasteiger partial charge >= 0.3 is 5.97 Å². The van der Waals surface area contributed by atoms with E-state index >= 15 is 0 Å². The van der Waals surface area contributed by atoms with E-state index in [1.54, 1.807) is 6.07 Å². The number of nitrogens with one attached hydrogen (secondary N) is 1. The van der Waals surface area contributed by atoms with Crippen LogP contribution in [0, 0.1) is 10.5 Å². The topological polar surface area (TPSA) is 72.5 Å². The molecule has 2 rings (SSSR count). The first kappa shape index (κ1) is 17.1. The number of aldehydes is 1. The quantitative estimate of drug-likeness (QED) is 0.456. The van der Waals surface area contributed by atoms with Crippen molar-refractivity contribution >= 4 is 46.4 Å². The minimum Gasteiger partial charge on any atom is -0.452 e. The average molecular weight is 423 g/mol. The number of esters is 1. The monoisotopic (exact) mass is 423 g/mol. The second-order valence-electron chi connectivity index (χ2n) is 4.82. The fourth-order valence-electron chi connectivity index (χ4n) is 1.87. The van der Waals surface area contributed by atoms with Gasteiger partial charge in [-0.2, -0.15) is 0 Å². The third-order valence-electron chi connectivity index (χ3n) is 3.08. The lowest BCUT2D eigenvalue weighted by molar-refractivity contribution is -0.119. The van der Waals surface area contributed by atoms with Crippen LogP contribution in [0.1, 0.15) is 26.3 Å². The highest BCUT2D eigenvalue weighted by atomic mass is 127. The molecular formula is C17H14INO4. The molecule has 0 aliphatic heterocycles. The standard InChI is InChI=1S/C17H14INO4/c1-11-8-14(18)6-7-15(11)19-16(21)10-23-17(22)13-4-2-12(9-20)3-5-13/h2-9H,10H2,1H3,(H,19,21). The summed E-state index contributed by atoms with van der Waals surface area (Å²) in [6, 6.07) is 11.6. The van der Waals surface area contributed by atoms with Crippen LogP contribution in [0.15, 0.2) is 42.5 Å². The summed E-state index contributed by atoms with van der Waals surface area (Å²) in [6.07, 6.45) is 0.686. The Labute approximate surface area is 147 Å². The molecular weight excluding hydrogens is 409 g/mol. The molecule has 23 heavy (non-hydrogen) atoms. The Balaban J connectivity index is 1.90. The number of amides is 1. The molecule has 0 heterocycles. The van der Waals surface area contributed by atoms with Gasteiger partial charge in [0, 0.05) is 14.8 Å². The lowest BCUT2D eigenvalue weighted by Gasteiger charge is -2.09. The van der Waals surface area contributed by atoms with Crippen molar-refractivity contribution in [2.24, 2.45) is 0 Å². The maximum Gasteiger partial charge on any atom is 0.338 e. The number of hydrogen-bond acceptors (Lipinski definition) is 4. The number of halogens is 1. The second-order valence-corrected chi connectivity index (χ2v) is 6.07. The molecule has 0 atom stereocenters. The molecule has 2 aromatic carbocycles. The largest absolute Gasteiger partial charge is 0.452 e. The molecule has 1 N–H and O–H groups in total. The Hall–Kier alpha value is -2.22. The molecule has 6 heteroatoms. The number of ether oxygens (including phenoxy) is 1. The summed E-state index contributed by atoms with van der Waals surface area (Å²) in [5, 5.41) is 2.70. The zero-order valence-electron chi connectivity index (χ0n) is 12.3. The van der Waals surface area contributed by atoms with Gasteiger partial charge in [-0.25, -0.2) is 4.79 Å². The normalized spacial score (nSPS) is 10.0. The molecule has 0 unspecified atom stereocenters. The van der Waals surface area contributed by atoms with Gasteiger partial charge in [-0.1, -0.05) is 12.1 Å². The summed E-state index contributed by atoms with van der Waals surface area (Å²) in [7, 11) is 0. The summed E-state index contributed by atoms with van der Waals surface area (Å²) in [5.74, 6) is -1.02. The van der Waals surface area contributed by atoms with Crippen LogP contribution in [-0.4, -0.2) is 24.8 Å². The lowest BCUT2D eigenvalue weighted by atomic mass is 10.1. The van der Waals surface area contributed by atoms with Crippen LogP contribution in [0.4, 0.5) is 5.69 Å². The number of benzene rings is 2. The first-order chi connectivity index (χ1) is 11.0. The van der Waals surface area contributed by atoms with E-state index in [4.69, 9.17) is 4.74 Å². The van der Waals surface area contributed by atoms with Gasteiger partial charge in [-0.15, -0.1) is 0 Å². The molecule has 0 fully saturated rings. The number of carbonyl (C=O) groups is 3. The van der Waals surface area contributed by atoms with E-state index in [9.17, 15) is 14.4 Å². The highest BCUT2D eigenvalue weighted by molar-refractivity contribution is 14.1. The van der Waals surface area contributed by atoms with Gasteiger partial charge in [0.15, 0.2) is 6.61 Å². The van der Waals surface area contributed by atoms with Gasteiger partial charge in [0.2, 0.25) is 0 Å². The van der Waals surface area contributed by atoms with Crippen LogP contribution in [0.5, 0.6) is 0 Å². The van der Waals surface area contributed by atoms with E-state index in [0.717, 1.165) is 9.13 Å². The van der Waals surface area contributed by atoms with Crippen molar-refractivity contribution in [3.05, 3.63) is 62.7 Å². The Morgan fingerprint density at radius 2 is 1.87 bits per heavy atom. The number of hydrogen-bond donors (Lipinski definition) is 1. The smallest absolute Gasteiger partial charge is 0.338 e. The molecule has 5 nitrogen and oxygen atoms in total. The Morgan fingerprint density at radius 1 is 1.17 bits per heavy atom. The van der Waals surface area contributed by atoms with E-state index in [2.05, 4.69) is 27.9 Å². The molecule has 0 aliphatic rings. The number of rotatable bonds is 5. The van der Waals surface area contributed by atoms with Gasteiger partial charge in [-0.05, 0) is 65.4 Å². The van der Waals surface area contributed by atoms with Crippen molar-refractivity contribution in [2.75, 3.05) is 11.9 Å². The number of aryl methyl sites for hydroxylation is 1. The molecule has 0 bridgehead atoms. The maximum absolute atomic E-state index is 11.8. The Kier molecular flexibility index (Phi) is 5.86. The zero-order chi connectivity index (χ0) is 16.8. The van der Waals surface area contributed by atoms with Crippen LogP contribution >= 0.6 is 22.6 Å². The maximum atomic E-state index is 11.8. The molecule has 1 amide bonds. The minimum atomic E-state index is -0.614. The molecule has 0 aromatic heterocycles. The van der Waals surface area contributed by atoms with Gasteiger partial charge < -0.3 is 10.1 Å². The van der Waals surface area contributed by atoms with Crippen molar-refractivity contribution < 1.29 is 19.1 Å². The second kappa shape index (κ2) is 7.87. The van der Waals surface area contributed by atoms with E-state index in [-0.39, 0.29) is 12.2 Å². The summed E-state index contributed by atoms with van der Waals surface area (Å²) in [4.78, 5) is 34.2. The number of carbonyl (C=O) groups excluding carboxylic acids is 3. The van der Waals surface area contributed by atoms with Crippen molar-refractivity contribution in [3.8, 4) is 0 Å². The van der Waals surface area contributed by atoms with Crippen LogP contribution in [-0.2, 0) is 9.53 Å². The highest BCUT2D eigenvalue weighted by Gasteiger charge is 2.11. The molecule has 118 valence electrons. The third-order valence-corrected chi connectivity index (χ3v) is 3.75. The fourth-order valence-corrected chi connectivity index (χ4v) is 2.51. The molecule has 2 aromatic rings. The Morgan fingerprint density at radius 3 is 2.48 bits per heavy atom. The van der Waals surface area contributed by atoms with Gasteiger partial charge in [0.1, 0.15) is 6.29 Å². The average Bonchev–Trinajstić information content (AvgIpc) is 2.55. The zero-order valence-corrected chi connectivity index (χ0v) is 14.5. The van der Waals surface area contributed by atoms with Crippen LogP contribution in [0.25, 0.3) is 0 Å². The number of anilines is 1. The minimum absolute atomic E-state index is 0.286. The molecule has 0 radical (unpaired) electrons. The molecule has 0 aliphatic carbocycles. The van der Waals surface area contributed by atoms with Gasteiger partial charge in [0.25, 0.3) is 5.91 Å². The van der Waals surface area contributed by atoms with Crippen molar-refractivity contribution in [1.29, 1.82) is 0 Å². The Bertz CT molecular complexity index is 741. The van der Waals surface area contributed by atoms with Gasteiger partial charge in [0.05, 0.1) is 5.56 Å². The van der Waals surface area contributed by atoms with Crippen LogP contribution in [0.3, 0.4) is 0 Å². The van der Waals surface area contributed by atoms with Crippen molar-refractivity contribution in [3.63, 3.8) is 0 Å². The van der Waals surface area contributed by atoms with Crippen LogP contribution in [0.2, 0.25) is 0 Å². The predicted molar refractivity (Wildman–Crippen MR) is 94.6 cm³/mol. The summed E-state index contributed by atoms with van der Waals surface area (Å²) < 4.78 is 6.03. The van der Waals surface area contributed by atoms with Gasteiger partial charge in [-0.3, -0.25) is 9.59 Å². The van der Waals surface area contributed by atoms with Crippen LogP contribution < -0.4 is 5.32 Å². The van der Waals surface area contributed by atoms with E-state index < -0.39 is 11.9 Å². The molecule has 0 saturated heterocycles. The predicted octanol–water partition coefficient (Wildman–Crippen LogP) is 3.21. The first-order valence-corrected chi connectivity index (χ1v) is 7.86. The summed E-state index contributed by atoms with van der Waals surface area (Å²) >= 11 is 2.19. The van der Waals surface area contributed by atoms with E-state index in [0.29, 0.717) is 17.5 Å². The SMILES string of the molecule is Cc1cc(I)ccc1NC(=O)COC(=O)c1ccc(C=O)cc1. The lowest BCUT2D eigenvalue weighted by Crippen LogP contribution is -2.21. The van der Waals surface area contributed by atoms with Crippen molar-refractivity contribution in [1.82, 2.24) is 0 Å². The van der Waals surface area contributed by atoms with E-state index in [1.165, 1.54) is 24.3 Å². The highest BCUT2D eigenvalue weighted by Crippen LogP contribution is 2.17.